The van der Waals surface area contributed by atoms with Gasteiger partial charge in [0.15, 0.2) is 9.84 Å². The average molecular weight is 563 g/mol. The molecule has 0 atom stereocenters. The Bertz CT molecular complexity index is 2010. The summed E-state index contributed by atoms with van der Waals surface area (Å²) in [5.74, 6) is 0.0982. The maximum atomic E-state index is 12.3. The Morgan fingerprint density at radius 3 is 1.64 bits per heavy atom. The lowest BCUT2D eigenvalue weighted by Gasteiger charge is -2.21. The third kappa shape index (κ3) is 4.56. The van der Waals surface area contributed by atoms with E-state index in [1.54, 1.807) is 19.1 Å². The highest BCUT2D eigenvalue weighted by atomic mass is 32.2. The van der Waals surface area contributed by atoms with Gasteiger partial charge in [-0.1, -0.05) is 128 Å². The van der Waals surface area contributed by atoms with Gasteiger partial charge in [0, 0.05) is 0 Å². The molecular formula is C39H30O2S. The molecule has 6 aromatic rings. The van der Waals surface area contributed by atoms with Gasteiger partial charge in [-0.3, -0.25) is 0 Å². The second-order valence-electron chi connectivity index (χ2n) is 10.8. The molecule has 204 valence electrons. The van der Waals surface area contributed by atoms with Gasteiger partial charge in [-0.15, -0.1) is 0 Å². The molecule has 0 amide bonds. The predicted molar refractivity (Wildman–Crippen MR) is 174 cm³/mol. The van der Waals surface area contributed by atoms with Crippen LogP contribution in [0.2, 0.25) is 0 Å². The summed E-state index contributed by atoms with van der Waals surface area (Å²) in [5, 5.41) is 0. The Morgan fingerprint density at radius 2 is 1.02 bits per heavy atom. The normalized spacial score (nSPS) is 12.1. The van der Waals surface area contributed by atoms with Gasteiger partial charge in [-0.2, -0.15) is 0 Å². The van der Waals surface area contributed by atoms with E-state index in [9.17, 15) is 8.42 Å². The smallest absolute Gasteiger partial charge is 0.178 e. The number of benzene rings is 6. The third-order valence-electron chi connectivity index (χ3n) is 8.36. The molecule has 0 saturated carbocycles. The van der Waals surface area contributed by atoms with Crippen molar-refractivity contribution in [1.82, 2.24) is 0 Å². The van der Waals surface area contributed by atoms with E-state index < -0.39 is 9.84 Å². The van der Waals surface area contributed by atoms with E-state index >= 15 is 0 Å². The molecule has 0 saturated heterocycles. The van der Waals surface area contributed by atoms with E-state index in [2.05, 4.69) is 115 Å². The first kappa shape index (κ1) is 26.2. The fourth-order valence-electron chi connectivity index (χ4n) is 6.19. The van der Waals surface area contributed by atoms with Crippen molar-refractivity contribution in [3.05, 3.63) is 151 Å². The Kier molecular flexibility index (Phi) is 6.60. The van der Waals surface area contributed by atoms with E-state index in [1.807, 2.05) is 12.1 Å². The van der Waals surface area contributed by atoms with E-state index in [0.717, 1.165) is 23.1 Å². The Hall–Kier alpha value is -4.73. The largest absolute Gasteiger partial charge is 0.224 e. The second-order valence-corrected chi connectivity index (χ2v) is 13.0. The molecule has 0 unspecified atom stereocenters. The van der Waals surface area contributed by atoms with E-state index in [1.165, 1.54) is 50.1 Å². The number of rotatable bonds is 6. The molecule has 0 bridgehead atoms. The lowest BCUT2D eigenvalue weighted by Crippen LogP contribution is -2.03. The molecular weight excluding hydrogens is 532 g/mol. The molecule has 3 heteroatoms. The summed E-state index contributed by atoms with van der Waals surface area (Å²) in [6.45, 7) is 1.67. The van der Waals surface area contributed by atoms with Crippen LogP contribution in [0.3, 0.4) is 0 Å². The minimum absolute atomic E-state index is 0.0982. The van der Waals surface area contributed by atoms with Crippen LogP contribution < -0.4 is 0 Å². The van der Waals surface area contributed by atoms with Crippen molar-refractivity contribution in [1.29, 1.82) is 0 Å². The van der Waals surface area contributed by atoms with Crippen molar-refractivity contribution in [2.24, 2.45) is 0 Å². The van der Waals surface area contributed by atoms with Crippen molar-refractivity contribution in [3.63, 3.8) is 0 Å². The van der Waals surface area contributed by atoms with E-state index in [0.29, 0.717) is 4.90 Å². The van der Waals surface area contributed by atoms with Crippen molar-refractivity contribution in [2.75, 3.05) is 5.75 Å². The molecule has 1 aliphatic carbocycles. The monoisotopic (exact) mass is 562 g/mol. The first-order valence-corrected chi connectivity index (χ1v) is 16.0. The molecule has 2 nitrogen and oxygen atoms in total. The molecule has 0 heterocycles. The van der Waals surface area contributed by atoms with Gasteiger partial charge in [0.05, 0.1) is 10.6 Å². The van der Waals surface area contributed by atoms with Gasteiger partial charge >= 0.3 is 0 Å². The molecule has 1 aliphatic rings. The highest BCUT2D eigenvalue weighted by molar-refractivity contribution is 7.91. The standard InChI is InChI=1S/C39H30O2S/c1-2-42(40,41)33-23-21-28(22-24-33)27-17-19-29(20-18-27)35-26-36-34-16-10-9-15-32(34)25-37(36)39(31-13-7-4-8-14-31)38(35)30-11-5-3-6-12-30/h3-24,26H,2,25H2,1H3. The summed E-state index contributed by atoms with van der Waals surface area (Å²) >= 11 is 0. The highest BCUT2D eigenvalue weighted by Gasteiger charge is 2.27. The number of hydrogen-bond acceptors (Lipinski definition) is 2. The fourth-order valence-corrected chi connectivity index (χ4v) is 7.08. The summed E-state index contributed by atoms with van der Waals surface area (Å²) in [6.07, 6.45) is 0.915. The molecule has 6 aromatic carbocycles. The minimum Gasteiger partial charge on any atom is -0.224 e. The summed E-state index contributed by atoms with van der Waals surface area (Å²) in [5.41, 5.74) is 14.7. The zero-order valence-electron chi connectivity index (χ0n) is 23.4. The summed E-state index contributed by atoms with van der Waals surface area (Å²) < 4.78 is 24.6. The Morgan fingerprint density at radius 1 is 0.500 bits per heavy atom. The van der Waals surface area contributed by atoms with Crippen LogP contribution in [-0.4, -0.2) is 14.2 Å². The molecule has 0 N–H and O–H groups in total. The van der Waals surface area contributed by atoms with Gasteiger partial charge in [0.25, 0.3) is 0 Å². The molecule has 0 fully saturated rings. The summed E-state index contributed by atoms with van der Waals surface area (Å²) in [6, 6.07) is 48.5. The molecule has 0 spiro atoms. The van der Waals surface area contributed by atoms with Crippen molar-refractivity contribution >= 4 is 9.84 Å². The van der Waals surface area contributed by atoms with Gasteiger partial charge < -0.3 is 0 Å². The summed E-state index contributed by atoms with van der Waals surface area (Å²) in [7, 11) is -3.22. The highest BCUT2D eigenvalue weighted by Crippen LogP contribution is 2.50. The lowest BCUT2D eigenvalue weighted by atomic mass is 9.82. The number of hydrogen-bond donors (Lipinski definition) is 0. The summed E-state index contributed by atoms with van der Waals surface area (Å²) in [4.78, 5) is 0.365. The van der Waals surface area contributed by atoms with Crippen LogP contribution >= 0.6 is 0 Å². The molecule has 42 heavy (non-hydrogen) atoms. The molecule has 0 aliphatic heterocycles. The molecule has 0 aromatic heterocycles. The van der Waals surface area contributed by atoms with Crippen LogP contribution in [0, 0.1) is 0 Å². The fraction of sp³-hybridized carbons (Fsp3) is 0.0769. The van der Waals surface area contributed by atoms with Crippen LogP contribution in [0.25, 0.3) is 55.6 Å². The quantitative estimate of drug-likeness (QED) is 0.202. The van der Waals surface area contributed by atoms with Crippen LogP contribution in [0.5, 0.6) is 0 Å². The SMILES string of the molecule is CCS(=O)(=O)c1ccc(-c2ccc(-c3cc4c(c(-c5ccccc5)c3-c3ccccc3)Cc3ccccc3-4)cc2)cc1. The van der Waals surface area contributed by atoms with Crippen LogP contribution in [-0.2, 0) is 16.3 Å². The zero-order chi connectivity index (χ0) is 28.7. The minimum atomic E-state index is -3.22. The Labute approximate surface area is 247 Å². The first-order chi connectivity index (χ1) is 20.5. The molecule has 0 radical (unpaired) electrons. The van der Waals surface area contributed by atoms with Crippen molar-refractivity contribution < 1.29 is 8.42 Å². The third-order valence-corrected chi connectivity index (χ3v) is 10.1. The maximum Gasteiger partial charge on any atom is 0.178 e. The molecule has 7 rings (SSSR count). The maximum absolute atomic E-state index is 12.3. The van der Waals surface area contributed by atoms with Gasteiger partial charge in [-0.05, 0) is 91.4 Å². The second kappa shape index (κ2) is 10.6. The van der Waals surface area contributed by atoms with E-state index in [-0.39, 0.29) is 5.75 Å². The van der Waals surface area contributed by atoms with Crippen molar-refractivity contribution in [3.8, 4) is 55.6 Å². The number of fused-ring (bicyclic) bond motifs is 3. The van der Waals surface area contributed by atoms with Gasteiger partial charge in [0.1, 0.15) is 0 Å². The zero-order valence-corrected chi connectivity index (χ0v) is 24.2. The van der Waals surface area contributed by atoms with Crippen LogP contribution in [0.1, 0.15) is 18.1 Å². The van der Waals surface area contributed by atoms with Gasteiger partial charge in [0.2, 0.25) is 0 Å². The Balaban J connectivity index is 1.42. The predicted octanol–water partition coefficient (Wildman–Crippen LogP) is 9.72. The van der Waals surface area contributed by atoms with Crippen LogP contribution in [0.4, 0.5) is 0 Å². The van der Waals surface area contributed by atoms with Gasteiger partial charge in [-0.25, -0.2) is 8.42 Å². The topological polar surface area (TPSA) is 34.1 Å². The van der Waals surface area contributed by atoms with E-state index in [4.69, 9.17) is 0 Å². The van der Waals surface area contributed by atoms with Crippen LogP contribution in [0.15, 0.2) is 144 Å². The average Bonchev–Trinajstić information content (AvgIpc) is 3.43. The lowest BCUT2D eigenvalue weighted by molar-refractivity contribution is 0.597. The number of sulfone groups is 1. The van der Waals surface area contributed by atoms with Crippen molar-refractivity contribution in [2.45, 2.75) is 18.2 Å². The first-order valence-electron chi connectivity index (χ1n) is 14.4.